The van der Waals surface area contributed by atoms with E-state index in [1.807, 2.05) is 48.2 Å². The molecule has 0 aliphatic carbocycles. The molecule has 0 unspecified atom stereocenters. The number of carbonyl (C=O) groups excluding carboxylic acids is 1. The second-order valence-corrected chi connectivity index (χ2v) is 5.83. The predicted molar refractivity (Wildman–Crippen MR) is 92.9 cm³/mol. The molecule has 3 rings (SSSR count). The summed E-state index contributed by atoms with van der Waals surface area (Å²) in [5, 5.41) is 0. The quantitative estimate of drug-likeness (QED) is 0.857. The van der Waals surface area contributed by atoms with Crippen LogP contribution < -0.4 is 4.90 Å². The summed E-state index contributed by atoms with van der Waals surface area (Å²) in [6.45, 7) is 4.96. The van der Waals surface area contributed by atoms with Crippen LogP contribution in [0.3, 0.4) is 0 Å². The van der Waals surface area contributed by atoms with Crippen molar-refractivity contribution in [1.82, 2.24) is 14.9 Å². The first-order valence-electron chi connectivity index (χ1n) is 8.10. The molecule has 2 aromatic rings. The lowest BCUT2D eigenvalue weighted by atomic mass is 10.1. The largest absolute Gasteiger partial charge is 0.375 e. The SMILES string of the molecule is COCC(=O)N1CCN(c2cc(-c3ccccc3)nc(C)n2)CC1. The van der Waals surface area contributed by atoms with Crippen LogP contribution in [-0.2, 0) is 9.53 Å². The number of aromatic nitrogens is 2. The minimum absolute atomic E-state index is 0.0426. The average molecular weight is 326 g/mol. The summed E-state index contributed by atoms with van der Waals surface area (Å²) in [4.78, 5) is 25.1. The van der Waals surface area contributed by atoms with Gasteiger partial charge in [0.15, 0.2) is 0 Å². The van der Waals surface area contributed by atoms with Crippen LogP contribution in [-0.4, -0.2) is 60.7 Å². The fraction of sp³-hybridized carbons (Fsp3) is 0.389. The van der Waals surface area contributed by atoms with Crippen LogP contribution in [0.25, 0.3) is 11.3 Å². The molecule has 1 aliphatic heterocycles. The van der Waals surface area contributed by atoms with Gasteiger partial charge < -0.3 is 14.5 Å². The second kappa shape index (κ2) is 7.40. The maximum atomic E-state index is 11.9. The normalized spacial score (nSPS) is 14.8. The van der Waals surface area contributed by atoms with Gasteiger partial charge >= 0.3 is 0 Å². The summed E-state index contributed by atoms with van der Waals surface area (Å²) in [5.74, 6) is 1.71. The van der Waals surface area contributed by atoms with Crippen LogP contribution in [0.4, 0.5) is 5.82 Å². The molecule has 6 heteroatoms. The first-order chi connectivity index (χ1) is 11.7. The molecule has 0 radical (unpaired) electrons. The van der Waals surface area contributed by atoms with E-state index in [0.29, 0.717) is 13.1 Å². The van der Waals surface area contributed by atoms with E-state index in [1.54, 1.807) is 7.11 Å². The fourth-order valence-corrected chi connectivity index (χ4v) is 2.87. The van der Waals surface area contributed by atoms with E-state index < -0.39 is 0 Å². The van der Waals surface area contributed by atoms with Crippen LogP contribution in [0.15, 0.2) is 36.4 Å². The fourth-order valence-electron chi connectivity index (χ4n) is 2.87. The number of rotatable bonds is 4. The van der Waals surface area contributed by atoms with Gasteiger partial charge in [-0.15, -0.1) is 0 Å². The Hall–Kier alpha value is -2.47. The minimum Gasteiger partial charge on any atom is -0.375 e. The maximum absolute atomic E-state index is 11.9. The van der Waals surface area contributed by atoms with Gasteiger partial charge in [-0.2, -0.15) is 0 Å². The topological polar surface area (TPSA) is 58.6 Å². The average Bonchev–Trinajstić information content (AvgIpc) is 2.62. The molecule has 2 heterocycles. The molecule has 24 heavy (non-hydrogen) atoms. The highest BCUT2D eigenvalue weighted by molar-refractivity contribution is 5.77. The number of methoxy groups -OCH3 is 1. The first kappa shape index (κ1) is 16.4. The Kier molecular flexibility index (Phi) is 5.05. The van der Waals surface area contributed by atoms with E-state index in [0.717, 1.165) is 36.0 Å². The zero-order valence-electron chi connectivity index (χ0n) is 14.1. The Morgan fingerprint density at radius 1 is 1.12 bits per heavy atom. The smallest absolute Gasteiger partial charge is 0.248 e. The number of amides is 1. The number of carbonyl (C=O) groups is 1. The van der Waals surface area contributed by atoms with Crippen LogP contribution in [0, 0.1) is 6.92 Å². The van der Waals surface area contributed by atoms with Crippen LogP contribution in [0.1, 0.15) is 5.82 Å². The molecular weight excluding hydrogens is 304 g/mol. The molecule has 1 amide bonds. The summed E-state index contributed by atoms with van der Waals surface area (Å²) < 4.78 is 4.92. The van der Waals surface area contributed by atoms with Crippen molar-refractivity contribution < 1.29 is 9.53 Å². The van der Waals surface area contributed by atoms with Crippen LogP contribution in [0.5, 0.6) is 0 Å². The Balaban J connectivity index is 1.74. The summed E-state index contributed by atoms with van der Waals surface area (Å²) >= 11 is 0. The van der Waals surface area contributed by atoms with Gasteiger partial charge in [0.2, 0.25) is 5.91 Å². The van der Waals surface area contributed by atoms with E-state index in [-0.39, 0.29) is 12.5 Å². The molecule has 0 atom stereocenters. The van der Waals surface area contributed by atoms with E-state index in [1.165, 1.54) is 0 Å². The number of benzene rings is 1. The van der Waals surface area contributed by atoms with Gasteiger partial charge in [-0.25, -0.2) is 9.97 Å². The van der Waals surface area contributed by atoms with Crippen molar-refractivity contribution in [3.8, 4) is 11.3 Å². The highest BCUT2D eigenvalue weighted by atomic mass is 16.5. The summed E-state index contributed by atoms with van der Waals surface area (Å²) in [6, 6.07) is 12.1. The molecule has 126 valence electrons. The molecule has 0 bridgehead atoms. The van der Waals surface area contributed by atoms with Crippen LogP contribution >= 0.6 is 0 Å². The molecule has 0 saturated carbocycles. The van der Waals surface area contributed by atoms with Crippen molar-refractivity contribution >= 4 is 11.7 Å². The monoisotopic (exact) mass is 326 g/mol. The third kappa shape index (κ3) is 3.71. The zero-order valence-corrected chi connectivity index (χ0v) is 14.1. The first-order valence-corrected chi connectivity index (χ1v) is 8.10. The lowest BCUT2D eigenvalue weighted by Gasteiger charge is -2.35. The van der Waals surface area contributed by atoms with Crippen molar-refractivity contribution in [1.29, 1.82) is 0 Å². The summed E-state index contributed by atoms with van der Waals surface area (Å²) in [5.41, 5.74) is 2.01. The molecule has 1 aliphatic rings. The van der Waals surface area contributed by atoms with Crippen molar-refractivity contribution in [2.75, 3.05) is 44.8 Å². The van der Waals surface area contributed by atoms with Crippen molar-refractivity contribution in [2.24, 2.45) is 0 Å². The van der Waals surface area contributed by atoms with Gasteiger partial charge in [0.1, 0.15) is 18.2 Å². The van der Waals surface area contributed by atoms with Gasteiger partial charge in [0, 0.05) is 44.9 Å². The Morgan fingerprint density at radius 2 is 1.83 bits per heavy atom. The molecule has 1 fully saturated rings. The third-order valence-electron chi connectivity index (χ3n) is 4.12. The summed E-state index contributed by atoms with van der Waals surface area (Å²) in [7, 11) is 1.54. The molecule has 1 aromatic heterocycles. The van der Waals surface area contributed by atoms with E-state index in [2.05, 4.69) is 14.9 Å². The lowest BCUT2D eigenvalue weighted by molar-refractivity contribution is -0.135. The Morgan fingerprint density at radius 3 is 2.50 bits per heavy atom. The van der Waals surface area contributed by atoms with Gasteiger partial charge in [-0.3, -0.25) is 4.79 Å². The van der Waals surface area contributed by atoms with Gasteiger partial charge in [0.25, 0.3) is 0 Å². The molecule has 1 aromatic carbocycles. The maximum Gasteiger partial charge on any atom is 0.248 e. The molecular formula is C18H22N4O2. The van der Waals surface area contributed by atoms with E-state index >= 15 is 0 Å². The molecule has 1 saturated heterocycles. The van der Waals surface area contributed by atoms with E-state index in [9.17, 15) is 4.79 Å². The van der Waals surface area contributed by atoms with Gasteiger partial charge in [-0.1, -0.05) is 30.3 Å². The second-order valence-electron chi connectivity index (χ2n) is 5.83. The number of hydrogen-bond donors (Lipinski definition) is 0. The highest BCUT2D eigenvalue weighted by Gasteiger charge is 2.22. The van der Waals surface area contributed by atoms with Gasteiger partial charge in [-0.05, 0) is 6.92 Å². The Bertz CT molecular complexity index is 697. The number of anilines is 1. The third-order valence-corrected chi connectivity index (χ3v) is 4.12. The number of piperazine rings is 1. The number of ether oxygens (including phenoxy) is 1. The number of nitrogens with zero attached hydrogens (tertiary/aromatic N) is 4. The molecule has 6 nitrogen and oxygen atoms in total. The standard InChI is InChI=1S/C18H22N4O2/c1-14-19-16(15-6-4-3-5-7-15)12-17(20-14)21-8-10-22(11-9-21)18(23)13-24-2/h3-7,12H,8-11,13H2,1-2H3. The lowest BCUT2D eigenvalue weighted by Crippen LogP contribution is -2.50. The van der Waals surface area contributed by atoms with Crippen molar-refractivity contribution in [2.45, 2.75) is 6.92 Å². The van der Waals surface area contributed by atoms with E-state index in [4.69, 9.17) is 4.74 Å². The zero-order chi connectivity index (χ0) is 16.9. The minimum atomic E-state index is 0.0426. The Labute approximate surface area is 142 Å². The highest BCUT2D eigenvalue weighted by Crippen LogP contribution is 2.22. The van der Waals surface area contributed by atoms with Crippen molar-refractivity contribution in [3.05, 3.63) is 42.2 Å². The summed E-state index contributed by atoms with van der Waals surface area (Å²) in [6.07, 6.45) is 0. The predicted octanol–water partition coefficient (Wildman–Crippen LogP) is 1.75. The van der Waals surface area contributed by atoms with Crippen molar-refractivity contribution in [3.63, 3.8) is 0 Å². The molecule has 0 N–H and O–H groups in total. The molecule has 0 spiro atoms. The van der Waals surface area contributed by atoms with Crippen LogP contribution in [0.2, 0.25) is 0 Å². The number of hydrogen-bond acceptors (Lipinski definition) is 5. The van der Waals surface area contributed by atoms with Gasteiger partial charge in [0.05, 0.1) is 5.69 Å². The number of aryl methyl sites for hydroxylation is 1.